The fourth-order valence-electron chi connectivity index (χ4n) is 1.74. The maximum absolute atomic E-state index is 10.7. The van der Waals surface area contributed by atoms with Crippen molar-refractivity contribution in [2.75, 3.05) is 19.8 Å². The summed E-state index contributed by atoms with van der Waals surface area (Å²) in [4.78, 5) is 19.4. The highest BCUT2D eigenvalue weighted by atomic mass is 19.4. The Morgan fingerprint density at radius 3 is 2.18 bits per heavy atom. The third kappa shape index (κ3) is 5.70. The van der Waals surface area contributed by atoms with Crippen LogP contribution in [0.15, 0.2) is 24.3 Å². The standard InChI is InChI=1S/C11H13NO3.C2HF3O2/c13-11(14)9-3-1-8(2-4-9)10-7-15-6-5-12-10;3-2(4,5)1(6)7/h1-4,10,12H,5-7H2,(H,13,14);(H,6,7). The molecule has 0 radical (unpaired) electrons. The zero-order valence-corrected chi connectivity index (χ0v) is 11.3. The molecule has 9 heteroatoms. The molecule has 1 fully saturated rings. The molecule has 0 bridgehead atoms. The fourth-order valence-corrected chi connectivity index (χ4v) is 1.74. The minimum absolute atomic E-state index is 0.307. The van der Waals surface area contributed by atoms with Crippen LogP contribution < -0.4 is 10.4 Å². The normalized spacial score (nSPS) is 18.0. The third-order valence-electron chi connectivity index (χ3n) is 2.83. The molecule has 22 heavy (non-hydrogen) atoms. The maximum atomic E-state index is 10.7. The van der Waals surface area contributed by atoms with Crippen LogP contribution in [0.25, 0.3) is 0 Å². The van der Waals surface area contributed by atoms with Crippen molar-refractivity contribution in [1.29, 1.82) is 0 Å². The number of benzene rings is 1. The van der Waals surface area contributed by atoms with Crippen molar-refractivity contribution in [3.05, 3.63) is 35.4 Å². The summed E-state index contributed by atoms with van der Waals surface area (Å²) in [7, 11) is 0. The Hall–Kier alpha value is -2.13. The summed E-state index contributed by atoms with van der Waals surface area (Å²) in [5.74, 6) is -3.89. The van der Waals surface area contributed by atoms with Crippen LogP contribution in [0.2, 0.25) is 0 Å². The topological polar surface area (TPSA) is 103 Å². The number of carbonyl (C=O) groups excluding carboxylic acids is 1. The van der Waals surface area contributed by atoms with E-state index in [0.29, 0.717) is 18.2 Å². The SMILES string of the molecule is O=C(O)c1ccc(C2COCC[NH2+]2)cc1.O=C([O-])C(F)(F)F. The average Bonchev–Trinajstić information content (AvgIpc) is 2.48. The molecule has 1 aliphatic rings. The smallest absolute Gasteiger partial charge is 0.430 e. The lowest BCUT2D eigenvalue weighted by molar-refractivity contribution is -0.711. The fraction of sp³-hybridized carbons (Fsp3) is 0.385. The number of halogens is 3. The van der Waals surface area contributed by atoms with Gasteiger partial charge in [-0.2, -0.15) is 13.2 Å². The Labute approximate surface area is 123 Å². The monoisotopic (exact) mass is 321 g/mol. The van der Waals surface area contributed by atoms with E-state index in [-0.39, 0.29) is 0 Å². The van der Waals surface area contributed by atoms with Gasteiger partial charge in [0, 0.05) is 5.56 Å². The van der Waals surface area contributed by atoms with Gasteiger partial charge in [-0.05, 0) is 12.1 Å². The highest BCUT2D eigenvalue weighted by Crippen LogP contribution is 2.12. The molecule has 1 aromatic carbocycles. The number of alkyl halides is 3. The summed E-state index contributed by atoms with van der Waals surface area (Å²) in [5, 5.41) is 19.8. The molecule has 1 unspecified atom stereocenters. The first-order chi connectivity index (χ1) is 10.2. The van der Waals surface area contributed by atoms with E-state index in [1.54, 1.807) is 12.1 Å². The van der Waals surface area contributed by atoms with Crippen LogP contribution >= 0.6 is 0 Å². The van der Waals surface area contributed by atoms with Gasteiger partial charge in [0.1, 0.15) is 18.6 Å². The first-order valence-corrected chi connectivity index (χ1v) is 6.24. The van der Waals surface area contributed by atoms with Crippen molar-refractivity contribution >= 4 is 11.9 Å². The van der Waals surface area contributed by atoms with Crippen LogP contribution in [0, 0.1) is 0 Å². The highest BCUT2D eigenvalue weighted by Gasteiger charge is 2.28. The van der Waals surface area contributed by atoms with E-state index in [1.165, 1.54) is 0 Å². The van der Waals surface area contributed by atoms with Gasteiger partial charge in [-0.25, -0.2) is 4.79 Å². The molecular formula is C13H14F3NO5. The zero-order valence-electron chi connectivity index (χ0n) is 11.3. The van der Waals surface area contributed by atoms with Crippen molar-refractivity contribution in [3.8, 4) is 0 Å². The molecule has 1 atom stereocenters. The third-order valence-corrected chi connectivity index (χ3v) is 2.83. The lowest BCUT2D eigenvalue weighted by Gasteiger charge is -2.20. The van der Waals surface area contributed by atoms with E-state index in [4.69, 9.17) is 19.7 Å². The number of hydrogen-bond donors (Lipinski definition) is 2. The summed E-state index contributed by atoms with van der Waals surface area (Å²) in [6.45, 7) is 2.46. The predicted molar refractivity (Wildman–Crippen MR) is 64.8 cm³/mol. The molecular weight excluding hydrogens is 307 g/mol. The van der Waals surface area contributed by atoms with Gasteiger partial charge in [0.25, 0.3) is 0 Å². The van der Waals surface area contributed by atoms with Gasteiger partial charge in [-0.1, -0.05) is 12.1 Å². The number of carbonyl (C=O) groups is 2. The molecule has 122 valence electrons. The Bertz CT molecular complexity index is 509. The largest absolute Gasteiger partial charge is 0.542 e. The van der Waals surface area contributed by atoms with E-state index in [2.05, 4.69) is 5.32 Å². The maximum Gasteiger partial charge on any atom is 0.430 e. The summed E-state index contributed by atoms with van der Waals surface area (Å²) in [5.41, 5.74) is 1.45. The molecule has 2 rings (SSSR count). The van der Waals surface area contributed by atoms with E-state index in [1.807, 2.05) is 12.1 Å². The van der Waals surface area contributed by atoms with Gasteiger partial charge in [-0.3, -0.25) is 0 Å². The molecule has 0 spiro atoms. The van der Waals surface area contributed by atoms with Crippen molar-refractivity contribution in [2.45, 2.75) is 12.2 Å². The number of aliphatic carboxylic acids is 1. The van der Waals surface area contributed by atoms with E-state index >= 15 is 0 Å². The number of ether oxygens (including phenoxy) is 1. The van der Waals surface area contributed by atoms with Crippen LogP contribution in [-0.2, 0) is 9.53 Å². The number of hydrogen-bond acceptors (Lipinski definition) is 4. The number of nitrogens with two attached hydrogens (primary N) is 1. The van der Waals surface area contributed by atoms with Crippen LogP contribution in [0.1, 0.15) is 22.0 Å². The number of morpholine rings is 1. The quantitative estimate of drug-likeness (QED) is 0.751. The molecule has 1 heterocycles. The van der Waals surface area contributed by atoms with Crippen molar-refractivity contribution in [1.82, 2.24) is 0 Å². The molecule has 1 saturated heterocycles. The van der Waals surface area contributed by atoms with Gasteiger partial charge in [0.15, 0.2) is 0 Å². The average molecular weight is 321 g/mol. The first kappa shape index (κ1) is 17.9. The minimum Gasteiger partial charge on any atom is -0.542 e. The number of carboxylic acid groups (broad SMARTS) is 2. The molecule has 0 saturated carbocycles. The number of quaternary nitrogens is 1. The van der Waals surface area contributed by atoms with Crippen LogP contribution in [-0.4, -0.2) is 43.0 Å². The Balaban J connectivity index is 0.000000295. The van der Waals surface area contributed by atoms with Gasteiger partial charge in [-0.15, -0.1) is 0 Å². The van der Waals surface area contributed by atoms with E-state index < -0.39 is 18.1 Å². The second kappa shape index (κ2) is 7.76. The summed E-state index contributed by atoms with van der Waals surface area (Å²) in [6, 6.07) is 7.31. The lowest BCUT2D eigenvalue weighted by atomic mass is 10.0. The van der Waals surface area contributed by atoms with E-state index in [0.717, 1.165) is 18.7 Å². The van der Waals surface area contributed by atoms with Gasteiger partial charge < -0.3 is 25.1 Å². The lowest BCUT2D eigenvalue weighted by Crippen LogP contribution is -2.88. The predicted octanol–water partition coefficient (Wildman–Crippen LogP) is -0.682. The van der Waals surface area contributed by atoms with Crippen LogP contribution in [0.5, 0.6) is 0 Å². The number of rotatable bonds is 2. The molecule has 0 aliphatic carbocycles. The van der Waals surface area contributed by atoms with Crippen molar-refractivity contribution < 1.29 is 43.0 Å². The Morgan fingerprint density at radius 2 is 1.82 bits per heavy atom. The van der Waals surface area contributed by atoms with Gasteiger partial charge in [0.2, 0.25) is 0 Å². The zero-order chi connectivity index (χ0) is 16.8. The van der Waals surface area contributed by atoms with Crippen molar-refractivity contribution in [3.63, 3.8) is 0 Å². The Morgan fingerprint density at radius 1 is 1.27 bits per heavy atom. The molecule has 0 amide bonds. The van der Waals surface area contributed by atoms with Crippen LogP contribution in [0.3, 0.4) is 0 Å². The second-order valence-electron chi connectivity index (χ2n) is 4.42. The molecule has 1 aliphatic heterocycles. The summed E-state index contributed by atoms with van der Waals surface area (Å²) in [6.07, 6.45) is -5.19. The van der Waals surface area contributed by atoms with Crippen LogP contribution in [0.4, 0.5) is 13.2 Å². The molecule has 3 N–H and O–H groups in total. The van der Waals surface area contributed by atoms with Crippen molar-refractivity contribution in [2.24, 2.45) is 0 Å². The Kier molecular flexibility index (Phi) is 6.32. The second-order valence-corrected chi connectivity index (χ2v) is 4.42. The summed E-state index contributed by atoms with van der Waals surface area (Å²) < 4.78 is 36.9. The number of carboxylic acids is 2. The molecule has 6 nitrogen and oxygen atoms in total. The highest BCUT2D eigenvalue weighted by molar-refractivity contribution is 5.87. The van der Waals surface area contributed by atoms with E-state index in [9.17, 15) is 18.0 Å². The van der Waals surface area contributed by atoms with Gasteiger partial charge in [0.05, 0.1) is 18.7 Å². The minimum atomic E-state index is -5.19. The molecule has 0 aromatic heterocycles. The number of aromatic carboxylic acids is 1. The first-order valence-electron chi connectivity index (χ1n) is 6.24. The summed E-state index contributed by atoms with van der Waals surface area (Å²) >= 11 is 0. The van der Waals surface area contributed by atoms with Gasteiger partial charge >= 0.3 is 12.1 Å². The molecule has 1 aromatic rings.